The Bertz CT molecular complexity index is 1380. The molecule has 1 unspecified atom stereocenters. The molecule has 0 bridgehead atoms. The Labute approximate surface area is 241 Å². The van der Waals surface area contributed by atoms with Crippen LogP contribution in [0.5, 0.6) is 0 Å². The second-order valence-electron chi connectivity index (χ2n) is 8.59. The molecule has 0 saturated carbocycles. The van der Waals surface area contributed by atoms with E-state index in [2.05, 4.69) is 21.2 Å². The average molecular weight is 641 g/mol. The van der Waals surface area contributed by atoms with Crippen LogP contribution in [0.3, 0.4) is 0 Å². The number of carbonyl (C=O) groups excluding carboxylic acids is 2. The first-order chi connectivity index (χ1) is 17.9. The number of benzene rings is 3. The quantitative estimate of drug-likeness (QED) is 0.303. The second kappa shape index (κ2) is 13.0. The molecular formula is C27H28BrCl2N3O4S. The third kappa shape index (κ3) is 7.08. The zero-order valence-corrected chi connectivity index (χ0v) is 25.0. The van der Waals surface area contributed by atoms with Crippen molar-refractivity contribution in [1.29, 1.82) is 0 Å². The number of hydrogen-bond acceptors (Lipinski definition) is 4. The van der Waals surface area contributed by atoms with Crippen molar-refractivity contribution >= 4 is 66.7 Å². The summed E-state index contributed by atoms with van der Waals surface area (Å²) in [6, 6.07) is 17.0. The molecule has 0 spiro atoms. The molecule has 11 heteroatoms. The molecule has 202 valence electrons. The van der Waals surface area contributed by atoms with Crippen molar-refractivity contribution in [2.24, 2.45) is 0 Å². The van der Waals surface area contributed by atoms with E-state index in [1.165, 1.54) is 17.0 Å². The predicted molar refractivity (Wildman–Crippen MR) is 155 cm³/mol. The lowest BCUT2D eigenvalue weighted by Gasteiger charge is -2.32. The Morgan fingerprint density at radius 3 is 2.11 bits per heavy atom. The highest BCUT2D eigenvalue weighted by Gasteiger charge is 2.33. The first-order valence-electron chi connectivity index (χ1n) is 11.8. The highest BCUT2D eigenvalue weighted by atomic mass is 79.9. The molecule has 0 aliphatic rings. The predicted octanol–water partition coefficient (Wildman–Crippen LogP) is 5.81. The summed E-state index contributed by atoms with van der Waals surface area (Å²) < 4.78 is 29.4. The van der Waals surface area contributed by atoms with Crippen LogP contribution in [0.1, 0.15) is 25.0 Å². The lowest BCUT2D eigenvalue weighted by Crippen LogP contribution is -2.51. The fourth-order valence-electron chi connectivity index (χ4n) is 3.73. The van der Waals surface area contributed by atoms with Crippen LogP contribution in [-0.4, -0.2) is 44.3 Å². The highest BCUT2D eigenvalue weighted by molar-refractivity contribution is 9.10. The molecular weight excluding hydrogens is 613 g/mol. The summed E-state index contributed by atoms with van der Waals surface area (Å²) in [4.78, 5) is 28.0. The van der Waals surface area contributed by atoms with Gasteiger partial charge in [0.1, 0.15) is 12.6 Å². The molecule has 0 heterocycles. The highest BCUT2D eigenvalue weighted by Crippen LogP contribution is 2.29. The van der Waals surface area contributed by atoms with Gasteiger partial charge >= 0.3 is 0 Å². The van der Waals surface area contributed by atoms with Gasteiger partial charge in [-0.15, -0.1) is 0 Å². The minimum atomic E-state index is -4.14. The van der Waals surface area contributed by atoms with Crippen molar-refractivity contribution in [2.45, 2.75) is 38.3 Å². The van der Waals surface area contributed by atoms with E-state index in [9.17, 15) is 18.0 Å². The number of halogens is 3. The van der Waals surface area contributed by atoms with Crippen molar-refractivity contribution in [1.82, 2.24) is 10.2 Å². The monoisotopic (exact) mass is 639 g/mol. The van der Waals surface area contributed by atoms with Gasteiger partial charge in [-0.3, -0.25) is 13.9 Å². The zero-order chi connectivity index (χ0) is 28.0. The van der Waals surface area contributed by atoms with E-state index >= 15 is 0 Å². The van der Waals surface area contributed by atoms with Gasteiger partial charge in [-0.25, -0.2) is 8.42 Å². The summed E-state index contributed by atoms with van der Waals surface area (Å²) in [6.07, 6.45) is 0. The molecule has 0 saturated heterocycles. The summed E-state index contributed by atoms with van der Waals surface area (Å²) in [5.74, 6) is -0.987. The van der Waals surface area contributed by atoms with Crippen LogP contribution < -0.4 is 9.62 Å². The first-order valence-corrected chi connectivity index (χ1v) is 14.8. The van der Waals surface area contributed by atoms with Crippen molar-refractivity contribution in [3.8, 4) is 0 Å². The maximum absolute atomic E-state index is 13.8. The minimum absolute atomic E-state index is 0.0382. The molecule has 2 amide bonds. The third-order valence-electron chi connectivity index (χ3n) is 5.91. The maximum atomic E-state index is 13.8. The fourth-order valence-corrected chi connectivity index (χ4v) is 5.93. The van der Waals surface area contributed by atoms with Crippen molar-refractivity contribution < 1.29 is 18.0 Å². The number of hydrogen-bond donors (Lipinski definition) is 1. The van der Waals surface area contributed by atoms with E-state index in [0.29, 0.717) is 27.8 Å². The molecule has 7 nitrogen and oxygen atoms in total. The van der Waals surface area contributed by atoms with Gasteiger partial charge in [0.05, 0.1) is 10.6 Å². The minimum Gasteiger partial charge on any atom is -0.355 e. The number of anilines is 1. The fraction of sp³-hybridized carbons (Fsp3) is 0.259. The number of sulfonamides is 1. The summed E-state index contributed by atoms with van der Waals surface area (Å²) >= 11 is 16.1. The number of nitrogens with one attached hydrogen (secondary N) is 1. The van der Waals surface area contributed by atoms with E-state index in [-0.39, 0.29) is 17.3 Å². The van der Waals surface area contributed by atoms with Gasteiger partial charge in [0.15, 0.2) is 0 Å². The number of aryl methyl sites for hydroxylation is 1. The normalized spacial score (nSPS) is 12.1. The molecule has 0 aromatic heterocycles. The summed E-state index contributed by atoms with van der Waals surface area (Å²) in [7, 11) is -4.14. The van der Waals surface area contributed by atoms with E-state index in [0.717, 1.165) is 14.3 Å². The SMILES string of the molecule is CCNC(=O)C(C)N(Cc1c(Cl)cccc1Cl)C(=O)CN(c1ccc(Br)cc1)S(=O)(=O)c1ccc(C)cc1. The molecule has 3 aromatic rings. The van der Waals surface area contributed by atoms with E-state index < -0.39 is 28.5 Å². The van der Waals surface area contributed by atoms with Crippen LogP contribution in [0.4, 0.5) is 5.69 Å². The van der Waals surface area contributed by atoms with E-state index in [4.69, 9.17) is 23.2 Å². The largest absolute Gasteiger partial charge is 0.355 e. The van der Waals surface area contributed by atoms with Crippen LogP contribution in [-0.2, 0) is 26.2 Å². The standard InChI is InChI=1S/C27H28BrCl2N3O4S/c1-4-31-27(35)19(3)32(16-23-24(29)6-5-7-25(23)30)26(34)17-33(21-12-10-20(28)11-13-21)38(36,37)22-14-8-18(2)9-15-22/h5-15,19H,4,16-17H2,1-3H3,(H,31,35). The molecule has 0 fully saturated rings. The van der Waals surface area contributed by atoms with Crippen molar-refractivity contribution in [3.63, 3.8) is 0 Å². The van der Waals surface area contributed by atoms with Gasteiger partial charge in [-0.1, -0.05) is 62.9 Å². The van der Waals surface area contributed by atoms with Gasteiger partial charge in [-0.05, 0) is 69.3 Å². The summed E-state index contributed by atoms with van der Waals surface area (Å²) in [5.41, 5.74) is 1.65. The Balaban J connectivity index is 2.06. The maximum Gasteiger partial charge on any atom is 0.264 e. The average Bonchev–Trinajstić information content (AvgIpc) is 2.87. The lowest BCUT2D eigenvalue weighted by atomic mass is 10.1. The van der Waals surface area contributed by atoms with Crippen LogP contribution in [0, 0.1) is 6.92 Å². The van der Waals surface area contributed by atoms with Crippen LogP contribution in [0.25, 0.3) is 0 Å². The molecule has 1 atom stereocenters. The Morgan fingerprint density at radius 2 is 1.55 bits per heavy atom. The first kappa shape index (κ1) is 30.0. The molecule has 1 N–H and O–H groups in total. The molecule has 0 radical (unpaired) electrons. The smallest absolute Gasteiger partial charge is 0.264 e. The number of carbonyl (C=O) groups is 2. The lowest BCUT2D eigenvalue weighted by molar-refractivity contribution is -0.139. The third-order valence-corrected chi connectivity index (χ3v) is 8.94. The Morgan fingerprint density at radius 1 is 0.974 bits per heavy atom. The number of nitrogens with zero attached hydrogens (tertiary/aromatic N) is 2. The zero-order valence-electron chi connectivity index (χ0n) is 21.1. The molecule has 3 aromatic carbocycles. The summed E-state index contributed by atoms with van der Waals surface area (Å²) in [5, 5.41) is 3.37. The van der Waals surface area contributed by atoms with Crippen LogP contribution in [0.15, 0.2) is 76.1 Å². The Hall–Kier alpha value is -2.59. The van der Waals surface area contributed by atoms with E-state index in [1.54, 1.807) is 68.4 Å². The van der Waals surface area contributed by atoms with Gasteiger partial charge in [-0.2, -0.15) is 0 Å². The Kier molecular flexibility index (Phi) is 10.2. The van der Waals surface area contributed by atoms with Gasteiger partial charge < -0.3 is 10.2 Å². The van der Waals surface area contributed by atoms with Crippen LogP contribution in [0.2, 0.25) is 10.0 Å². The molecule has 0 aliphatic heterocycles. The number of amides is 2. The second-order valence-corrected chi connectivity index (χ2v) is 12.2. The van der Waals surface area contributed by atoms with Crippen molar-refractivity contribution in [3.05, 3.63) is 92.4 Å². The van der Waals surface area contributed by atoms with E-state index in [1.807, 2.05) is 6.92 Å². The molecule has 0 aliphatic carbocycles. The van der Waals surface area contributed by atoms with Gasteiger partial charge in [0.2, 0.25) is 11.8 Å². The topological polar surface area (TPSA) is 86.8 Å². The summed E-state index contributed by atoms with van der Waals surface area (Å²) in [6.45, 7) is 4.92. The number of rotatable bonds is 10. The molecule has 38 heavy (non-hydrogen) atoms. The van der Waals surface area contributed by atoms with Gasteiger partial charge in [0.25, 0.3) is 10.0 Å². The molecule has 3 rings (SSSR count). The van der Waals surface area contributed by atoms with Crippen molar-refractivity contribution in [2.75, 3.05) is 17.4 Å². The number of likely N-dealkylation sites (N-methyl/N-ethyl adjacent to an activating group) is 1. The van der Waals surface area contributed by atoms with Gasteiger partial charge in [0, 0.05) is 33.2 Å². The van der Waals surface area contributed by atoms with Crippen LogP contribution >= 0.6 is 39.1 Å².